The van der Waals surface area contributed by atoms with E-state index >= 15 is 0 Å². The van der Waals surface area contributed by atoms with Crippen LogP contribution >= 0.6 is 0 Å². The number of amides is 2. The summed E-state index contributed by atoms with van der Waals surface area (Å²) < 4.78 is 15.8. The molecule has 1 atom stereocenters. The number of esters is 1. The first-order valence-corrected chi connectivity index (χ1v) is 9.05. The minimum Gasteiger partial charge on any atom is -0.492 e. The quantitative estimate of drug-likeness (QED) is 0.699. The average molecular weight is 386 g/mol. The molecule has 0 spiro atoms. The lowest BCUT2D eigenvalue weighted by Crippen LogP contribution is -2.28. The van der Waals surface area contributed by atoms with Crippen molar-refractivity contribution in [3.05, 3.63) is 48.4 Å². The molecule has 0 bridgehead atoms. The number of furan rings is 1. The Morgan fingerprint density at radius 1 is 1.25 bits per heavy atom. The molecular formula is C20H22N2O6. The van der Waals surface area contributed by atoms with E-state index in [1.165, 1.54) is 6.26 Å². The number of benzene rings is 1. The number of para-hydroxylation sites is 2. The van der Waals surface area contributed by atoms with Crippen molar-refractivity contribution in [2.75, 3.05) is 25.1 Å². The van der Waals surface area contributed by atoms with Crippen molar-refractivity contribution in [3.63, 3.8) is 0 Å². The zero-order valence-corrected chi connectivity index (χ0v) is 15.6. The zero-order chi connectivity index (χ0) is 19.9. The predicted octanol–water partition coefficient (Wildman–Crippen LogP) is 2.21. The molecule has 2 aromatic rings. The van der Waals surface area contributed by atoms with Gasteiger partial charge in [0.25, 0.3) is 5.91 Å². The summed E-state index contributed by atoms with van der Waals surface area (Å²) in [4.78, 5) is 38.0. The first-order chi connectivity index (χ1) is 13.6. The summed E-state index contributed by atoms with van der Waals surface area (Å²) in [6, 6.07) is 10.5. The van der Waals surface area contributed by atoms with Gasteiger partial charge in [0.05, 0.1) is 31.0 Å². The number of nitrogens with zero attached hydrogens (tertiary/aromatic N) is 1. The van der Waals surface area contributed by atoms with Crippen LogP contribution in [0.4, 0.5) is 5.69 Å². The van der Waals surface area contributed by atoms with E-state index in [4.69, 9.17) is 13.9 Å². The summed E-state index contributed by atoms with van der Waals surface area (Å²) in [5, 5.41) is 2.66. The van der Waals surface area contributed by atoms with E-state index in [1.54, 1.807) is 41.3 Å². The molecule has 1 aliphatic heterocycles. The van der Waals surface area contributed by atoms with Crippen LogP contribution in [0.3, 0.4) is 0 Å². The summed E-state index contributed by atoms with van der Waals surface area (Å²) in [5.41, 5.74) is 0.506. The van der Waals surface area contributed by atoms with E-state index in [0.29, 0.717) is 30.3 Å². The molecule has 1 N–H and O–H groups in total. The maximum absolute atomic E-state index is 12.2. The summed E-state index contributed by atoms with van der Waals surface area (Å²) in [7, 11) is 0. The molecule has 148 valence electrons. The fourth-order valence-electron chi connectivity index (χ4n) is 2.97. The number of rotatable bonds is 8. The number of hydrogen-bond donors (Lipinski definition) is 1. The highest BCUT2D eigenvalue weighted by Crippen LogP contribution is 2.24. The lowest BCUT2D eigenvalue weighted by molar-refractivity contribution is -0.151. The lowest BCUT2D eigenvalue weighted by atomic mass is 10.1. The van der Waals surface area contributed by atoms with Crippen molar-refractivity contribution in [1.82, 2.24) is 4.90 Å². The molecule has 0 unspecified atom stereocenters. The number of anilines is 1. The lowest BCUT2D eigenvalue weighted by Gasteiger charge is -2.15. The molecule has 1 aliphatic rings. The smallest absolute Gasteiger partial charge is 0.311 e. The fourth-order valence-corrected chi connectivity index (χ4v) is 2.97. The maximum atomic E-state index is 12.2. The Morgan fingerprint density at radius 2 is 2.07 bits per heavy atom. The van der Waals surface area contributed by atoms with Crippen molar-refractivity contribution >= 4 is 23.5 Å². The van der Waals surface area contributed by atoms with Crippen molar-refractivity contribution in [3.8, 4) is 5.75 Å². The van der Waals surface area contributed by atoms with E-state index in [0.717, 1.165) is 0 Å². The van der Waals surface area contributed by atoms with Crippen molar-refractivity contribution in [2.45, 2.75) is 19.9 Å². The molecule has 28 heavy (non-hydrogen) atoms. The minimum atomic E-state index is -0.592. The van der Waals surface area contributed by atoms with Crippen LogP contribution in [0.1, 0.15) is 19.1 Å². The topological polar surface area (TPSA) is 98.1 Å². The molecule has 1 aromatic carbocycles. The van der Waals surface area contributed by atoms with Crippen LogP contribution in [0, 0.1) is 5.92 Å². The first-order valence-electron chi connectivity index (χ1n) is 9.05. The molecule has 3 rings (SSSR count). The molecule has 0 radical (unpaired) electrons. The second-order valence-electron chi connectivity index (χ2n) is 6.34. The standard InChI is InChI=1S/C20H22N2O6/c1-2-26-17-8-4-3-7-16(17)21-18(23)13-28-20(25)14-10-19(24)22(11-14)12-15-6-5-9-27-15/h3-9,14H,2,10-13H2,1H3,(H,21,23)/t14-/m1/s1. The summed E-state index contributed by atoms with van der Waals surface area (Å²) >= 11 is 0. The number of nitrogens with one attached hydrogen (secondary N) is 1. The number of carbonyl (C=O) groups is 3. The van der Waals surface area contributed by atoms with Gasteiger partial charge in [-0.25, -0.2) is 0 Å². The summed E-state index contributed by atoms with van der Waals surface area (Å²) in [6.45, 7) is 2.43. The van der Waals surface area contributed by atoms with Gasteiger partial charge in [0.1, 0.15) is 11.5 Å². The normalized spacial score (nSPS) is 16.1. The number of hydrogen-bond acceptors (Lipinski definition) is 6. The Hall–Kier alpha value is -3.29. The zero-order valence-electron chi connectivity index (χ0n) is 15.6. The van der Waals surface area contributed by atoms with Gasteiger partial charge in [-0.2, -0.15) is 0 Å². The Bertz CT molecular complexity index is 833. The Morgan fingerprint density at radius 3 is 2.82 bits per heavy atom. The van der Waals surface area contributed by atoms with Crippen LogP contribution in [0.2, 0.25) is 0 Å². The predicted molar refractivity (Wildman–Crippen MR) is 99.4 cm³/mol. The van der Waals surface area contributed by atoms with Crippen molar-refractivity contribution < 1.29 is 28.3 Å². The van der Waals surface area contributed by atoms with E-state index in [1.807, 2.05) is 6.92 Å². The monoisotopic (exact) mass is 386 g/mol. The van der Waals surface area contributed by atoms with Crippen molar-refractivity contribution in [2.24, 2.45) is 5.92 Å². The summed E-state index contributed by atoms with van der Waals surface area (Å²) in [5.74, 6) is -0.588. The average Bonchev–Trinajstić information content (AvgIpc) is 3.32. The Kier molecular flexibility index (Phi) is 6.31. The maximum Gasteiger partial charge on any atom is 0.311 e. The largest absolute Gasteiger partial charge is 0.492 e. The molecule has 2 heterocycles. The summed E-state index contributed by atoms with van der Waals surface area (Å²) in [6.07, 6.45) is 1.60. The van der Waals surface area contributed by atoms with Gasteiger partial charge in [-0.05, 0) is 31.2 Å². The number of likely N-dealkylation sites (tertiary alicyclic amines) is 1. The third-order valence-electron chi connectivity index (χ3n) is 4.28. The van der Waals surface area contributed by atoms with Crippen LogP contribution in [0.5, 0.6) is 5.75 Å². The van der Waals surface area contributed by atoms with Gasteiger partial charge in [-0.15, -0.1) is 0 Å². The van der Waals surface area contributed by atoms with Crippen LogP contribution in [0.25, 0.3) is 0 Å². The Labute approximate surface area is 162 Å². The van der Waals surface area contributed by atoms with E-state index in [9.17, 15) is 14.4 Å². The second-order valence-corrected chi connectivity index (χ2v) is 6.34. The molecule has 0 aliphatic carbocycles. The van der Waals surface area contributed by atoms with Gasteiger partial charge in [0, 0.05) is 13.0 Å². The third kappa shape index (κ3) is 4.91. The minimum absolute atomic E-state index is 0.0638. The molecule has 1 fully saturated rings. The van der Waals surface area contributed by atoms with E-state index in [2.05, 4.69) is 5.32 Å². The first kappa shape index (κ1) is 19.5. The van der Waals surface area contributed by atoms with Gasteiger partial charge in [-0.1, -0.05) is 12.1 Å². The molecule has 1 aromatic heterocycles. The van der Waals surface area contributed by atoms with Crippen molar-refractivity contribution in [1.29, 1.82) is 0 Å². The van der Waals surface area contributed by atoms with Crippen LogP contribution in [-0.2, 0) is 25.7 Å². The highest BCUT2D eigenvalue weighted by Gasteiger charge is 2.35. The molecule has 0 saturated carbocycles. The number of carbonyl (C=O) groups excluding carboxylic acids is 3. The third-order valence-corrected chi connectivity index (χ3v) is 4.28. The van der Waals surface area contributed by atoms with E-state index < -0.39 is 24.4 Å². The van der Waals surface area contributed by atoms with E-state index in [-0.39, 0.29) is 18.9 Å². The fraction of sp³-hybridized carbons (Fsp3) is 0.350. The van der Waals surface area contributed by atoms with Crippen LogP contribution in [0.15, 0.2) is 47.1 Å². The van der Waals surface area contributed by atoms with Crippen LogP contribution in [-0.4, -0.2) is 42.4 Å². The second kappa shape index (κ2) is 9.07. The molecule has 8 nitrogen and oxygen atoms in total. The van der Waals surface area contributed by atoms with Gasteiger partial charge < -0.3 is 24.1 Å². The van der Waals surface area contributed by atoms with Gasteiger partial charge in [-0.3, -0.25) is 14.4 Å². The number of ether oxygens (including phenoxy) is 2. The highest BCUT2D eigenvalue weighted by molar-refractivity contribution is 5.94. The molecule has 1 saturated heterocycles. The van der Waals surface area contributed by atoms with Gasteiger partial charge >= 0.3 is 5.97 Å². The SMILES string of the molecule is CCOc1ccccc1NC(=O)COC(=O)[C@@H]1CC(=O)N(Cc2ccco2)C1. The van der Waals surface area contributed by atoms with Crippen LogP contribution < -0.4 is 10.1 Å². The van der Waals surface area contributed by atoms with Gasteiger partial charge in [0.15, 0.2) is 6.61 Å². The molecular weight excluding hydrogens is 364 g/mol. The molecule has 2 amide bonds. The molecule has 8 heteroatoms. The Balaban J connectivity index is 1.47. The van der Waals surface area contributed by atoms with Gasteiger partial charge in [0.2, 0.25) is 5.91 Å². The highest BCUT2D eigenvalue weighted by atomic mass is 16.5.